The summed E-state index contributed by atoms with van der Waals surface area (Å²) in [6.07, 6.45) is 2.95. The largest absolute Gasteiger partial charge is 0.480 e. The summed E-state index contributed by atoms with van der Waals surface area (Å²) in [6, 6.07) is 0. The zero-order valence-electron chi connectivity index (χ0n) is 11.7. The van der Waals surface area contributed by atoms with Gasteiger partial charge >= 0.3 is 5.97 Å². The van der Waals surface area contributed by atoms with E-state index < -0.39 is 5.97 Å². The van der Waals surface area contributed by atoms with Crippen molar-refractivity contribution < 1.29 is 9.90 Å². The van der Waals surface area contributed by atoms with Gasteiger partial charge in [0.2, 0.25) is 0 Å². The van der Waals surface area contributed by atoms with Gasteiger partial charge in [-0.1, -0.05) is 0 Å². The van der Waals surface area contributed by atoms with Crippen LogP contribution in [0.1, 0.15) is 17.7 Å². The molecular weight excluding hydrogens is 244 g/mol. The molecule has 6 heteroatoms. The van der Waals surface area contributed by atoms with Crippen molar-refractivity contribution in [3.63, 3.8) is 0 Å². The van der Waals surface area contributed by atoms with Gasteiger partial charge in [0, 0.05) is 44.5 Å². The lowest BCUT2D eigenvalue weighted by atomic mass is 10.2. The first-order chi connectivity index (χ1) is 9.06. The number of hydrogen-bond acceptors (Lipinski definition) is 4. The molecule has 1 aromatic heterocycles. The lowest BCUT2D eigenvalue weighted by Crippen LogP contribution is -2.34. The first-order valence-electron chi connectivity index (χ1n) is 6.70. The molecule has 1 N–H and O–H groups in total. The van der Waals surface area contributed by atoms with Crippen LogP contribution in [0.15, 0.2) is 6.20 Å². The van der Waals surface area contributed by atoms with Crippen molar-refractivity contribution in [3.05, 3.63) is 17.5 Å². The molecule has 0 atom stereocenters. The van der Waals surface area contributed by atoms with Crippen molar-refractivity contribution in [1.29, 1.82) is 0 Å². The van der Waals surface area contributed by atoms with Crippen molar-refractivity contribution in [3.8, 4) is 0 Å². The van der Waals surface area contributed by atoms with Gasteiger partial charge in [-0.15, -0.1) is 0 Å². The Kier molecular flexibility index (Phi) is 4.55. The van der Waals surface area contributed by atoms with Crippen LogP contribution in [0.25, 0.3) is 0 Å². The first kappa shape index (κ1) is 14.0. The summed E-state index contributed by atoms with van der Waals surface area (Å²) >= 11 is 0. The number of aromatic nitrogens is 2. The highest BCUT2D eigenvalue weighted by Gasteiger charge is 2.17. The number of carbonyl (C=O) groups is 1. The van der Waals surface area contributed by atoms with Crippen molar-refractivity contribution in [2.45, 2.75) is 19.9 Å². The highest BCUT2D eigenvalue weighted by Crippen LogP contribution is 2.11. The van der Waals surface area contributed by atoms with Crippen molar-refractivity contribution in [1.82, 2.24) is 19.6 Å². The van der Waals surface area contributed by atoms with Crippen LogP contribution < -0.4 is 0 Å². The molecule has 2 rings (SSSR count). The van der Waals surface area contributed by atoms with Crippen LogP contribution >= 0.6 is 0 Å². The van der Waals surface area contributed by atoms with Crippen LogP contribution in [0.2, 0.25) is 0 Å². The van der Waals surface area contributed by atoms with E-state index in [0.717, 1.165) is 39.1 Å². The molecule has 6 nitrogen and oxygen atoms in total. The molecule has 1 aliphatic heterocycles. The maximum Gasteiger partial charge on any atom is 0.317 e. The molecule has 1 fully saturated rings. The first-order valence-corrected chi connectivity index (χ1v) is 6.70. The molecule has 0 unspecified atom stereocenters. The van der Waals surface area contributed by atoms with E-state index in [9.17, 15) is 4.79 Å². The maximum absolute atomic E-state index is 10.7. The highest BCUT2D eigenvalue weighted by molar-refractivity contribution is 5.69. The number of carboxylic acids is 1. The lowest BCUT2D eigenvalue weighted by molar-refractivity contribution is -0.138. The van der Waals surface area contributed by atoms with Gasteiger partial charge in [0.05, 0.1) is 12.7 Å². The zero-order chi connectivity index (χ0) is 13.8. The molecule has 106 valence electrons. The van der Waals surface area contributed by atoms with Crippen LogP contribution in [0.3, 0.4) is 0 Å². The summed E-state index contributed by atoms with van der Waals surface area (Å²) in [7, 11) is 1.95. The Labute approximate surface area is 113 Å². The van der Waals surface area contributed by atoms with E-state index in [2.05, 4.69) is 16.9 Å². The average Bonchev–Trinajstić information content (AvgIpc) is 2.55. The van der Waals surface area contributed by atoms with Gasteiger partial charge in [-0.25, -0.2) is 0 Å². The molecule has 0 saturated carbocycles. The molecule has 2 heterocycles. The summed E-state index contributed by atoms with van der Waals surface area (Å²) in [5.41, 5.74) is 2.46. The SMILES string of the molecule is Cc1c(CN2CCCN(CC(=O)O)CC2)cnn1C. The van der Waals surface area contributed by atoms with Gasteiger partial charge in [-0.2, -0.15) is 5.10 Å². The number of aryl methyl sites for hydroxylation is 1. The van der Waals surface area contributed by atoms with Gasteiger partial charge in [0.1, 0.15) is 0 Å². The minimum Gasteiger partial charge on any atom is -0.480 e. The molecule has 0 radical (unpaired) electrons. The summed E-state index contributed by atoms with van der Waals surface area (Å²) in [5, 5.41) is 13.1. The van der Waals surface area contributed by atoms with E-state index in [0.29, 0.717) is 0 Å². The minimum absolute atomic E-state index is 0.153. The number of carboxylic acid groups (broad SMARTS) is 1. The fourth-order valence-electron chi connectivity index (χ4n) is 2.47. The molecule has 0 aromatic carbocycles. The molecule has 0 bridgehead atoms. The predicted octanol–water partition coefficient (Wildman–Crippen LogP) is 0.321. The number of nitrogens with zero attached hydrogens (tertiary/aromatic N) is 4. The summed E-state index contributed by atoms with van der Waals surface area (Å²) < 4.78 is 1.89. The average molecular weight is 266 g/mol. The Morgan fingerprint density at radius 3 is 2.63 bits per heavy atom. The molecule has 1 aromatic rings. The van der Waals surface area contributed by atoms with E-state index in [1.54, 1.807) is 0 Å². The van der Waals surface area contributed by atoms with Crippen molar-refractivity contribution in [2.75, 3.05) is 32.7 Å². The number of rotatable bonds is 4. The van der Waals surface area contributed by atoms with Crippen LogP contribution in [0.5, 0.6) is 0 Å². The second kappa shape index (κ2) is 6.16. The second-order valence-electron chi connectivity index (χ2n) is 5.18. The topological polar surface area (TPSA) is 61.6 Å². The number of aliphatic carboxylic acids is 1. The van der Waals surface area contributed by atoms with Crippen LogP contribution in [-0.4, -0.2) is 63.4 Å². The van der Waals surface area contributed by atoms with Gasteiger partial charge in [-0.05, 0) is 19.9 Å². The van der Waals surface area contributed by atoms with Crippen molar-refractivity contribution >= 4 is 5.97 Å². The normalized spacial score (nSPS) is 18.4. The third kappa shape index (κ3) is 3.78. The van der Waals surface area contributed by atoms with E-state index >= 15 is 0 Å². The molecule has 0 spiro atoms. The van der Waals surface area contributed by atoms with Crippen LogP contribution in [0.4, 0.5) is 0 Å². The fraction of sp³-hybridized carbons (Fsp3) is 0.692. The summed E-state index contributed by atoms with van der Waals surface area (Å²) in [4.78, 5) is 15.1. The Bertz CT molecular complexity index is 444. The Hall–Kier alpha value is -1.40. The minimum atomic E-state index is -0.739. The van der Waals surface area contributed by atoms with Gasteiger partial charge in [0.15, 0.2) is 0 Å². The smallest absolute Gasteiger partial charge is 0.317 e. The Balaban J connectivity index is 1.89. The third-order valence-electron chi connectivity index (χ3n) is 3.77. The molecule has 0 amide bonds. The Morgan fingerprint density at radius 2 is 2.00 bits per heavy atom. The van der Waals surface area contributed by atoms with E-state index in [4.69, 9.17) is 5.11 Å². The second-order valence-corrected chi connectivity index (χ2v) is 5.18. The standard InChI is InChI=1S/C13H22N4O2/c1-11-12(8-14-15(11)2)9-16-4-3-5-17(7-6-16)10-13(18)19/h8H,3-7,9-10H2,1-2H3,(H,18,19). The predicted molar refractivity (Wildman–Crippen MR) is 71.9 cm³/mol. The van der Waals surface area contributed by atoms with Crippen molar-refractivity contribution in [2.24, 2.45) is 7.05 Å². The van der Waals surface area contributed by atoms with Gasteiger partial charge in [-0.3, -0.25) is 19.3 Å². The molecular formula is C13H22N4O2. The van der Waals surface area contributed by atoms with Crippen LogP contribution in [0, 0.1) is 6.92 Å². The van der Waals surface area contributed by atoms with Gasteiger partial charge in [0.25, 0.3) is 0 Å². The summed E-state index contributed by atoms with van der Waals surface area (Å²) in [6.45, 7) is 6.77. The molecule has 19 heavy (non-hydrogen) atoms. The lowest BCUT2D eigenvalue weighted by Gasteiger charge is -2.20. The quantitative estimate of drug-likeness (QED) is 0.850. The third-order valence-corrected chi connectivity index (χ3v) is 3.77. The van der Waals surface area contributed by atoms with E-state index in [-0.39, 0.29) is 6.54 Å². The zero-order valence-corrected chi connectivity index (χ0v) is 11.7. The molecule has 1 saturated heterocycles. The Morgan fingerprint density at radius 1 is 1.32 bits per heavy atom. The summed E-state index contributed by atoms with van der Waals surface area (Å²) in [5.74, 6) is -0.739. The van der Waals surface area contributed by atoms with E-state index in [1.165, 1.54) is 11.3 Å². The highest BCUT2D eigenvalue weighted by atomic mass is 16.4. The monoisotopic (exact) mass is 266 g/mol. The fourth-order valence-corrected chi connectivity index (χ4v) is 2.47. The maximum atomic E-state index is 10.7. The van der Waals surface area contributed by atoms with E-state index in [1.807, 2.05) is 22.8 Å². The van der Waals surface area contributed by atoms with Gasteiger partial charge < -0.3 is 5.11 Å². The number of hydrogen-bond donors (Lipinski definition) is 1. The van der Waals surface area contributed by atoms with Crippen LogP contribution in [-0.2, 0) is 18.4 Å². The molecule has 0 aliphatic carbocycles. The molecule has 1 aliphatic rings.